The number of hydrogen-bond acceptors (Lipinski definition) is 5. The Labute approximate surface area is 129 Å². The Morgan fingerprint density at radius 2 is 1.82 bits per heavy atom. The van der Waals surface area contributed by atoms with Gasteiger partial charge >= 0.3 is 5.63 Å². The Morgan fingerprint density at radius 3 is 2.41 bits per heavy atom. The van der Waals surface area contributed by atoms with Crippen molar-refractivity contribution in [1.82, 2.24) is 0 Å². The minimum Gasteiger partial charge on any atom is -0.496 e. The normalized spacial score (nSPS) is 11.1. The largest absolute Gasteiger partial charge is 0.496 e. The van der Waals surface area contributed by atoms with Gasteiger partial charge in [-0.25, -0.2) is 4.79 Å². The molecule has 2 rings (SSSR count). The number of aryl methyl sites for hydroxylation is 1. The van der Waals surface area contributed by atoms with Crippen LogP contribution in [0.3, 0.4) is 0 Å². The van der Waals surface area contributed by atoms with E-state index in [4.69, 9.17) is 18.6 Å². The summed E-state index contributed by atoms with van der Waals surface area (Å²) in [6, 6.07) is 3.43. The van der Waals surface area contributed by atoms with E-state index in [1.54, 1.807) is 13.2 Å². The van der Waals surface area contributed by atoms with Gasteiger partial charge in [0, 0.05) is 17.9 Å². The van der Waals surface area contributed by atoms with Crippen LogP contribution < -0.4 is 19.8 Å². The maximum Gasteiger partial charge on any atom is 0.347 e. The lowest BCUT2D eigenvalue weighted by molar-refractivity contribution is 0.352. The van der Waals surface area contributed by atoms with E-state index in [1.807, 2.05) is 25.1 Å². The van der Waals surface area contributed by atoms with Crippen LogP contribution in [0, 0.1) is 0 Å². The molecule has 0 atom stereocenters. The van der Waals surface area contributed by atoms with Gasteiger partial charge in [0.2, 0.25) is 0 Å². The first-order valence-corrected chi connectivity index (χ1v) is 7.03. The molecule has 1 aromatic carbocycles. The average Bonchev–Trinajstić information content (AvgIpc) is 2.53. The summed E-state index contributed by atoms with van der Waals surface area (Å²) in [5.74, 6) is 2.01. The Hall–Kier alpha value is -2.43. The van der Waals surface area contributed by atoms with Crippen molar-refractivity contribution in [3.63, 3.8) is 0 Å². The lowest BCUT2D eigenvalue weighted by Crippen LogP contribution is -2.06. The molecule has 0 aliphatic heterocycles. The van der Waals surface area contributed by atoms with E-state index < -0.39 is 5.63 Å². The predicted octanol–water partition coefficient (Wildman–Crippen LogP) is 3.33. The van der Waals surface area contributed by atoms with Gasteiger partial charge in [-0.3, -0.25) is 0 Å². The van der Waals surface area contributed by atoms with Crippen molar-refractivity contribution in [3.8, 4) is 17.2 Å². The number of benzene rings is 1. The monoisotopic (exact) mass is 304 g/mol. The minimum absolute atomic E-state index is 0.356. The van der Waals surface area contributed by atoms with Crippen molar-refractivity contribution >= 4 is 10.8 Å². The molecule has 118 valence electrons. The van der Waals surface area contributed by atoms with Crippen LogP contribution in [0.5, 0.6) is 17.2 Å². The Kier molecular flexibility index (Phi) is 5.09. The van der Waals surface area contributed by atoms with E-state index in [2.05, 4.69) is 0 Å². The minimum atomic E-state index is -0.439. The topological polar surface area (TPSA) is 57.9 Å². The highest BCUT2D eigenvalue weighted by Crippen LogP contribution is 2.40. The van der Waals surface area contributed by atoms with Gasteiger partial charge in [-0.2, -0.15) is 0 Å². The quantitative estimate of drug-likeness (QED) is 0.766. The van der Waals surface area contributed by atoms with Crippen molar-refractivity contribution in [2.45, 2.75) is 19.8 Å². The SMILES string of the molecule is C/C=C\CCc1cc2c(OC)c(OC)cc(OC)c2c(=O)o1. The van der Waals surface area contributed by atoms with Crippen LogP contribution in [0.1, 0.15) is 19.1 Å². The maximum atomic E-state index is 12.3. The van der Waals surface area contributed by atoms with Crippen molar-refractivity contribution in [1.29, 1.82) is 0 Å². The van der Waals surface area contributed by atoms with Gasteiger partial charge in [-0.15, -0.1) is 0 Å². The van der Waals surface area contributed by atoms with E-state index >= 15 is 0 Å². The number of rotatable bonds is 6. The van der Waals surface area contributed by atoms with Gasteiger partial charge in [0.05, 0.1) is 21.3 Å². The highest BCUT2D eigenvalue weighted by molar-refractivity contribution is 5.94. The highest BCUT2D eigenvalue weighted by atomic mass is 16.5. The second-order valence-corrected chi connectivity index (χ2v) is 4.71. The number of fused-ring (bicyclic) bond motifs is 1. The molecule has 2 aromatic rings. The fraction of sp³-hybridized carbons (Fsp3) is 0.353. The van der Waals surface area contributed by atoms with Gasteiger partial charge in [0.25, 0.3) is 0 Å². The first kappa shape index (κ1) is 15.9. The summed E-state index contributed by atoms with van der Waals surface area (Å²) in [4.78, 5) is 12.3. The van der Waals surface area contributed by atoms with E-state index in [0.717, 1.165) is 6.42 Å². The molecule has 0 fully saturated rings. The number of hydrogen-bond donors (Lipinski definition) is 0. The summed E-state index contributed by atoms with van der Waals surface area (Å²) in [5.41, 5.74) is -0.439. The molecule has 0 saturated carbocycles. The van der Waals surface area contributed by atoms with Crippen LogP contribution >= 0.6 is 0 Å². The van der Waals surface area contributed by atoms with Crippen LogP contribution in [0.25, 0.3) is 10.8 Å². The summed E-state index contributed by atoms with van der Waals surface area (Å²) >= 11 is 0. The van der Waals surface area contributed by atoms with Crippen molar-refractivity contribution < 1.29 is 18.6 Å². The van der Waals surface area contributed by atoms with Crippen molar-refractivity contribution in [3.05, 3.63) is 40.5 Å². The molecule has 0 amide bonds. The fourth-order valence-electron chi connectivity index (χ4n) is 2.38. The molecule has 0 spiro atoms. The van der Waals surface area contributed by atoms with Crippen LogP contribution in [-0.2, 0) is 6.42 Å². The molecular formula is C17H20O5. The summed E-state index contributed by atoms with van der Waals surface area (Å²) in [6.45, 7) is 1.95. The Bertz CT molecular complexity index is 743. The van der Waals surface area contributed by atoms with Crippen LogP contribution in [0.15, 0.2) is 33.5 Å². The molecular weight excluding hydrogens is 284 g/mol. The van der Waals surface area contributed by atoms with E-state index in [-0.39, 0.29) is 0 Å². The third-order valence-corrected chi connectivity index (χ3v) is 3.42. The second kappa shape index (κ2) is 7.02. The van der Waals surface area contributed by atoms with Gasteiger partial charge in [-0.1, -0.05) is 12.2 Å². The molecule has 1 heterocycles. The van der Waals surface area contributed by atoms with Gasteiger partial charge in [0.1, 0.15) is 16.9 Å². The summed E-state index contributed by atoms with van der Waals surface area (Å²) in [5, 5.41) is 0.986. The summed E-state index contributed by atoms with van der Waals surface area (Å²) in [6.07, 6.45) is 5.42. The number of allylic oxidation sites excluding steroid dienone is 2. The zero-order valence-electron chi connectivity index (χ0n) is 13.3. The average molecular weight is 304 g/mol. The molecule has 0 N–H and O–H groups in total. The highest BCUT2D eigenvalue weighted by Gasteiger charge is 2.18. The zero-order chi connectivity index (χ0) is 16.1. The van der Waals surface area contributed by atoms with Gasteiger partial charge < -0.3 is 18.6 Å². The molecule has 0 saturated heterocycles. The third-order valence-electron chi connectivity index (χ3n) is 3.42. The van der Waals surface area contributed by atoms with E-state index in [0.29, 0.717) is 40.2 Å². The molecule has 0 aliphatic carbocycles. The number of methoxy groups -OCH3 is 3. The molecule has 1 aromatic heterocycles. The molecule has 0 aliphatic rings. The molecule has 5 heteroatoms. The van der Waals surface area contributed by atoms with Gasteiger partial charge in [0.15, 0.2) is 11.5 Å². The molecule has 5 nitrogen and oxygen atoms in total. The van der Waals surface area contributed by atoms with Crippen LogP contribution in [0.2, 0.25) is 0 Å². The van der Waals surface area contributed by atoms with E-state index in [1.165, 1.54) is 14.2 Å². The number of ether oxygens (including phenoxy) is 3. The smallest absolute Gasteiger partial charge is 0.347 e. The van der Waals surface area contributed by atoms with E-state index in [9.17, 15) is 4.79 Å². The third kappa shape index (κ3) is 2.93. The Balaban J connectivity index is 2.70. The van der Waals surface area contributed by atoms with Crippen molar-refractivity contribution in [2.75, 3.05) is 21.3 Å². The molecule has 0 unspecified atom stereocenters. The lowest BCUT2D eigenvalue weighted by atomic mass is 10.1. The predicted molar refractivity (Wildman–Crippen MR) is 85.3 cm³/mol. The first-order valence-electron chi connectivity index (χ1n) is 7.03. The van der Waals surface area contributed by atoms with Gasteiger partial charge in [-0.05, 0) is 19.4 Å². The van der Waals surface area contributed by atoms with Crippen LogP contribution in [-0.4, -0.2) is 21.3 Å². The fourth-order valence-corrected chi connectivity index (χ4v) is 2.38. The second-order valence-electron chi connectivity index (χ2n) is 4.71. The summed E-state index contributed by atoms with van der Waals surface area (Å²) in [7, 11) is 4.58. The lowest BCUT2D eigenvalue weighted by Gasteiger charge is -2.13. The molecule has 0 bridgehead atoms. The zero-order valence-corrected chi connectivity index (χ0v) is 13.3. The Morgan fingerprint density at radius 1 is 1.09 bits per heavy atom. The molecule has 0 radical (unpaired) electrons. The first-order chi connectivity index (χ1) is 10.7. The molecule has 22 heavy (non-hydrogen) atoms. The summed E-state index contributed by atoms with van der Waals surface area (Å²) < 4.78 is 21.4. The standard InChI is InChI=1S/C17H20O5/c1-5-6-7-8-11-9-12-15(17(18)22-11)13(19-2)10-14(20-3)16(12)21-4/h5-6,9-10H,7-8H2,1-4H3/b6-5-. The van der Waals surface area contributed by atoms with Crippen molar-refractivity contribution in [2.24, 2.45) is 0 Å². The van der Waals surface area contributed by atoms with Crippen LogP contribution in [0.4, 0.5) is 0 Å². The maximum absolute atomic E-state index is 12.3.